The van der Waals surface area contributed by atoms with E-state index in [1.165, 1.54) is 0 Å². The second-order valence-corrected chi connectivity index (χ2v) is 7.40. The van der Waals surface area contributed by atoms with E-state index < -0.39 is 12.1 Å². The molecule has 1 N–H and O–H groups in total. The van der Waals surface area contributed by atoms with E-state index in [9.17, 15) is 9.90 Å². The van der Waals surface area contributed by atoms with Gasteiger partial charge in [0.1, 0.15) is 5.75 Å². The van der Waals surface area contributed by atoms with Crippen molar-refractivity contribution in [2.45, 2.75) is 45.6 Å². The lowest BCUT2D eigenvalue weighted by Gasteiger charge is -2.25. The molecule has 2 aromatic carbocycles. The first kappa shape index (κ1) is 18.3. The Kier molecular flexibility index (Phi) is 5.55. The first-order valence-corrected chi connectivity index (χ1v) is 8.30. The highest BCUT2D eigenvalue weighted by molar-refractivity contribution is 6.30. The Morgan fingerprint density at radius 3 is 2.50 bits per heavy atom. The van der Waals surface area contributed by atoms with Crippen LogP contribution in [0.3, 0.4) is 0 Å². The Labute approximate surface area is 148 Å². The van der Waals surface area contributed by atoms with Crippen LogP contribution < -0.4 is 4.74 Å². The second kappa shape index (κ2) is 7.27. The van der Waals surface area contributed by atoms with Gasteiger partial charge in [-0.15, -0.1) is 0 Å². The molecule has 128 valence electrons. The molecule has 2 rings (SSSR count). The predicted octanol–water partition coefficient (Wildman–Crippen LogP) is 5.02. The van der Waals surface area contributed by atoms with Crippen molar-refractivity contribution >= 4 is 17.6 Å². The number of carboxylic acids is 1. The molecule has 0 saturated carbocycles. The van der Waals surface area contributed by atoms with E-state index in [1.807, 2.05) is 37.3 Å². The van der Waals surface area contributed by atoms with Crippen molar-refractivity contribution < 1.29 is 14.6 Å². The minimum atomic E-state index is -0.988. The molecule has 0 radical (unpaired) electrons. The van der Waals surface area contributed by atoms with Crippen molar-refractivity contribution in [3.63, 3.8) is 0 Å². The maximum atomic E-state index is 11.7. The summed E-state index contributed by atoms with van der Waals surface area (Å²) in [6, 6.07) is 13.1. The Balaban J connectivity index is 2.31. The lowest BCUT2D eigenvalue weighted by Crippen LogP contribution is -2.30. The van der Waals surface area contributed by atoms with Crippen LogP contribution in [0.5, 0.6) is 5.75 Å². The average molecular weight is 347 g/mol. The lowest BCUT2D eigenvalue weighted by atomic mass is 9.86. The molecule has 0 heterocycles. The third kappa shape index (κ3) is 4.51. The van der Waals surface area contributed by atoms with Gasteiger partial charge < -0.3 is 9.84 Å². The molecule has 0 spiro atoms. The number of carboxylic acid groups (broad SMARTS) is 1. The molecule has 0 aromatic heterocycles. The number of aliphatic carboxylic acids is 1. The fourth-order valence-electron chi connectivity index (χ4n) is 2.58. The number of carbonyl (C=O) groups is 1. The van der Waals surface area contributed by atoms with Gasteiger partial charge in [0.25, 0.3) is 0 Å². The molecule has 0 saturated heterocycles. The molecule has 0 aliphatic heterocycles. The average Bonchev–Trinajstić information content (AvgIpc) is 2.49. The molecule has 3 nitrogen and oxygen atoms in total. The van der Waals surface area contributed by atoms with Crippen molar-refractivity contribution in [1.82, 2.24) is 0 Å². The molecule has 4 heteroatoms. The number of rotatable bonds is 5. The molecule has 24 heavy (non-hydrogen) atoms. The number of hydrogen-bond donors (Lipinski definition) is 1. The molecule has 0 aliphatic rings. The first-order chi connectivity index (χ1) is 11.2. The predicted molar refractivity (Wildman–Crippen MR) is 97.1 cm³/mol. The Bertz CT molecular complexity index is 732. The number of aryl methyl sites for hydroxylation is 1. The third-order valence-electron chi connectivity index (χ3n) is 3.96. The highest BCUT2D eigenvalue weighted by Crippen LogP contribution is 2.32. The number of halogens is 1. The van der Waals surface area contributed by atoms with Crippen LogP contribution in [-0.2, 0) is 16.6 Å². The van der Waals surface area contributed by atoms with Crippen molar-refractivity contribution in [1.29, 1.82) is 0 Å². The summed E-state index contributed by atoms with van der Waals surface area (Å²) in [4.78, 5) is 11.7. The van der Waals surface area contributed by atoms with E-state index >= 15 is 0 Å². The van der Waals surface area contributed by atoms with Gasteiger partial charge >= 0.3 is 5.97 Å². The van der Waals surface area contributed by atoms with Crippen molar-refractivity contribution in [3.05, 3.63) is 64.2 Å². The third-order valence-corrected chi connectivity index (χ3v) is 4.19. The van der Waals surface area contributed by atoms with Gasteiger partial charge in [0.05, 0.1) is 0 Å². The Hall–Kier alpha value is -2.00. The normalized spacial score (nSPS) is 12.7. The molecule has 1 atom stereocenters. The van der Waals surface area contributed by atoms with Crippen LogP contribution in [0.4, 0.5) is 0 Å². The zero-order valence-electron chi connectivity index (χ0n) is 14.5. The number of para-hydroxylation sites is 1. The van der Waals surface area contributed by atoms with Crippen LogP contribution in [0.2, 0.25) is 5.02 Å². The summed E-state index contributed by atoms with van der Waals surface area (Å²) in [5, 5.41) is 10.2. The molecule has 0 fully saturated rings. The van der Waals surface area contributed by atoms with Gasteiger partial charge in [0.2, 0.25) is 0 Å². The summed E-state index contributed by atoms with van der Waals surface area (Å²) in [6.45, 7) is 8.16. The first-order valence-electron chi connectivity index (χ1n) is 7.92. The number of benzene rings is 2. The second-order valence-electron chi connectivity index (χ2n) is 6.97. The maximum absolute atomic E-state index is 11.7. The molecule has 0 unspecified atom stereocenters. The summed E-state index contributed by atoms with van der Waals surface area (Å²) < 4.78 is 5.89. The van der Waals surface area contributed by atoms with Gasteiger partial charge in [-0.1, -0.05) is 56.6 Å². The zero-order valence-corrected chi connectivity index (χ0v) is 15.2. The van der Waals surface area contributed by atoms with Gasteiger partial charge in [-0.25, -0.2) is 4.79 Å². The molecule has 0 bridgehead atoms. The van der Waals surface area contributed by atoms with E-state index in [2.05, 4.69) is 20.8 Å². The smallest absolute Gasteiger partial charge is 0.345 e. The fraction of sp³-hybridized carbons (Fsp3) is 0.350. The topological polar surface area (TPSA) is 46.5 Å². The summed E-state index contributed by atoms with van der Waals surface area (Å²) >= 11 is 6.04. The van der Waals surface area contributed by atoms with Crippen LogP contribution in [0.25, 0.3) is 0 Å². The van der Waals surface area contributed by atoms with Crippen molar-refractivity contribution in [2.24, 2.45) is 0 Å². The SMILES string of the molecule is Cc1ccc(Cl)cc1C[C@@H](Oc1ccccc1C(C)(C)C)C(=O)O. The van der Waals surface area contributed by atoms with Crippen molar-refractivity contribution in [3.8, 4) is 5.75 Å². The fourth-order valence-corrected chi connectivity index (χ4v) is 2.78. The Morgan fingerprint density at radius 1 is 1.21 bits per heavy atom. The molecule has 2 aromatic rings. The standard InChI is InChI=1S/C20H23ClO3/c1-13-9-10-15(21)11-14(13)12-18(19(22)23)24-17-8-6-5-7-16(17)20(2,3)4/h5-11,18H,12H2,1-4H3,(H,22,23)/t18-/m1/s1. The van der Waals surface area contributed by atoms with Gasteiger partial charge in [-0.3, -0.25) is 0 Å². The summed E-state index contributed by atoms with van der Waals surface area (Å²) in [5.74, 6) is -0.379. The van der Waals surface area contributed by atoms with Crippen LogP contribution >= 0.6 is 11.6 Å². The zero-order chi connectivity index (χ0) is 17.9. The molecular formula is C20H23ClO3. The van der Waals surface area contributed by atoms with E-state index in [4.69, 9.17) is 16.3 Å². The molecular weight excluding hydrogens is 324 g/mol. The van der Waals surface area contributed by atoms with Crippen LogP contribution in [0.1, 0.15) is 37.5 Å². The number of hydrogen-bond acceptors (Lipinski definition) is 2. The van der Waals surface area contributed by atoms with Gasteiger partial charge in [0, 0.05) is 11.4 Å². The van der Waals surface area contributed by atoms with Crippen LogP contribution in [-0.4, -0.2) is 17.2 Å². The molecule has 0 aliphatic carbocycles. The Morgan fingerprint density at radius 2 is 1.88 bits per heavy atom. The minimum Gasteiger partial charge on any atom is -0.478 e. The maximum Gasteiger partial charge on any atom is 0.345 e. The lowest BCUT2D eigenvalue weighted by molar-refractivity contribution is -0.145. The highest BCUT2D eigenvalue weighted by atomic mass is 35.5. The summed E-state index contributed by atoms with van der Waals surface area (Å²) in [5.41, 5.74) is 2.73. The van der Waals surface area contributed by atoms with Gasteiger partial charge in [-0.2, -0.15) is 0 Å². The van der Waals surface area contributed by atoms with Crippen LogP contribution in [0, 0.1) is 6.92 Å². The van der Waals surface area contributed by atoms with Crippen molar-refractivity contribution in [2.75, 3.05) is 0 Å². The highest BCUT2D eigenvalue weighted by Gasteiger charge is 2.25. The summed E-state index contributed by atoms with van der Waals surface area (Å²) in [6.07, 6.45) is -0.703. The minimum absolute atomic E-state index is 0.133. The van der Waals surface area contributed by atoms with E-state index in [1.54, 1.807) is 12.1 Å². The number of ether oxygens (including phenoxy) is 1. The quantitative estimate of drug-likeness (QED) is 0.826. The monoisotopic (exact) mass is 346 g/mol. The largest absolute Gasteiger partial charge is 0.478 e. The molecule has 0 amide bonds. The van der Waals surface area contributed by atoms with Gasteiger partial charge in [0.15, 0.2) is 6.10 Å². The van der Waals surface area contributed by atoms with Crippen LogP contribution in [0.15, 0.2) is 42.5 Å². The van der Waals surface area contributed by atoms with E-state index in [0.29, 0.717) is 10.8 Å². The van der Waals surface area contributed by atoms with Gasteiger partial charge in [-0.05, 0) is 47.2 Å². The van der Waals surface area contributed by atoms with E-state index in [-0.39, 0.29) is 11.8 Å². The summed E-state index contributed by atoms with van der Waals surface area (Å²) in [7, 11) is 0. The van der Waals surface area contributed by atoms with E-state index in [0.717, 1.165) is 16.7 Å².